The van der Waals surface area contributed by atoms with Gasteiger partial charge in [-0.05, 0) is 6.92 Å². The third kappa shape index (κ3) is 4.14. The van der Waals surface area contributed by atoms with Crippen molar-refractivity contribution in [3.05, 3.63) is 17.5 Å². The zero-order valence-electron chi connectivity index (χ0n) is 9.38. The van der Waals surface area contributed by atoms with Gasteiger partial charge in [-0.15, -0.1) is 0 Å². The monoisotopic (exact) mass is 210 g/mol. The highest BCUT2D eigenvalue weighted by molar-refractivity contribution is 5.91. The Bertz CT molecular complexity index is 296. The first kappa shape index (κ1) is 11.8. The van der Waals surface area contributed by atoms with Crippen molar-refractivity contribution in [2.24, 2.45) is 0 Å². The molecule has 0 aromatic carbocycles. The molecule has 1 aliphatic rings. The smallest absolute Gasteiger partial charge is 0.273 e. The molecule has 1 fully saturated rings. The molecule has 2 rings (SSSR count). The van der Waals surface area contributed by atoms with Crippen LogP contribution in [-0.4, -0.2) is 18.1 Å². The average Bonchev–Trinajstić information content (AvgIpc) is 2.89. The Morgan fingerprint density at radius 3 is 2.20 bits per heavy atom. The number of nitrogens with one attached hydrogen (secondary N) is 1. The second-order valence-electron chi connectivity index (χ2n) is 3.67. The van der Waals surface area contributed by atoms with Crippen molar-refractivity contribution >= 4 is 5.91 Å². The number of carbonyl (C=O) groups is 1. The summed E-state index contributed by atoms with van der Waals surface area (Å²) < 4.78 is 4.68. The van der Waals surface area contributed by atoms with E-state index in [1.165, 1.54) is 32.1 Å². The van der Waals surface area contributed by atoms with Gasteiger partial charge in [0.2, 0.25) is 0 Å². The third-order valence-electron chi connectivity index (χ3n) is 2.34. The van der Waals surface area contributed by atoms with E-state index in [1.54, 1.807) is 20.0 Å². The summed E-state index contributed by atoms with van der Waals surface area (Å²) in [6, 6.07) is 1.58. The average molecular weight is 210 g/mol. The molecular weight excluding hydrogens is 192 g/mol. The molecular formula is C11H18N2O2. The van der Waals surface area contributed by atoms with E-state index in [1.807, 2.05) is 0 Å². The number of nitrogens with zero attached hydrogens (tertiary/aromatic N) is 1. The summed E-state index contributed by atoms with van der Waals surface area (Å²) in [7, 11) is 1.55. The van der Waals surface area contributed by atoms with Crippen LogP contribution in [0.5, 0.6) is 0 Å². The van der Waals surface area contributed by atoms with E-state index < -0.39 is 0 Å². The molecule has 84 valence electrons. The van der Waals surface area contributed by atoms with Gasteiger partial charge in [0.05, 0.1) is 0 Å². The predicted octanol–water partition coefficient (Wildman–Crippen LogP) is 2.29. The molecule has 1 aromatic rings. The highest BCUT2D eigenvalue weighted by atomic mass is 16.5. The number of hydrogen-bond donors (Lipinski definition) is 1. The van der Waals surface area contributed by atoms with Gasteiger partial charge in [-0.3, -0.25) is 4.79 Å². The van der Waals surface area contributed by atoms with Gasteiger partial charge in [0.15, 0.2) is 5.69 Å². The Morgan fingerprint density at radius 1 is 1.33 bits per heavy atom. The van der Waals surface area contributed by atoms with E-state index in [4.69, 9.17) is 0 Å². The van der Waals surface area contributed by atoms with Crippen molar-refractivity contribution in [1.29, 1.82) is 0 Å². The Morgan fingerprint density at radius 2 is 1.87 bits per heavy atom. The lowest BCUT2D eigenvalue weighted by Crippen LogP contribution is -2.17. The Balaban J connectivity index is 0.000000187. The second kappa shape index (κ2) is 6.22. The minimum Gasteiger partial charge on any atom is -0.361 e. The molecule has 1 N–H and O–H groups in total. The van der Waals surface area contributed by atoms with Crippen LogP contribution in [0.25, 0.3) is 0 Å². The van der Waals surface area contributed by atoms with Crippen LogP contribution < -0.4 is 5.32 Å². The lowest BCUT2D eigenvalue weighted by atomic mass is 10.4. The normalized spacial score (nSPS) is 14.3. The minimum absolute atomic E-state index is 0.225. The number of carbonyl (C=O) groups excluding carboxylic acids is 1. The number of rotatable bonds is 1. The minimum atomic E-state index is -0.225. The van der Waals surface area contributed by atoms with E-state index in [2.05, 4.69) is 15.0 Å². The summed E-state index contributed by atoms with van der Waals surface area (Å²) in [5, 5.41) is 5.93. The van der Waals surface area contributed by atoms with Crippen molar-refractivity contribution in [1.82, 2.24) is 10.5 Å². The van der Waals surface area contributed by atoms with Gasteiger partial charge in [-0.1, -0.05) is 37.3 Å². The van der Waals surface area contributed by atoms with Crippen molar-refractivity contribution < 1.29 is 9.32 Å². The van der Waals surface area contributed by atoms with E-state index in [-0.39, 0.29) is 5.91 Å². The first-order chi connectivity index (χ1) is 7.24. The van der Waals surface area contributed by atoms with Gasteiger partial charge < -0.3 is 9.84 Å². The first-order valence-electron chi connectivity index (χ1n) is 5.39. The lowest BCUT2D eigenvalue weighted by molar-refractivity contribution is 0.0954. The largest absolute Gasteiger partial charge is 0.361 e. The Kier molecular flexibility index (Phi) is 4.87. The topological polar surface area (TPSA) is 55.1 Å². The molecule has 0 radical (unpaired) electrons. The summed E-state index contributed by atoms with van der Waals surface area (Å²) in [4.78, 5) is 10.8. The van der Waals surface area contributed by atoms with E-state index >= 15 is 0 Å². The fourth-order valence-corrected chi connectivity index (χ4v) is 1.49. The van der Waals surface area contributed by atoms with Crippen LogP contribution in [-0.2, 0) is 0 Å². The molecule has 0 aliphatic heterocycles. The molecule has 1 amide bonds. The van der Waals surface area contributed by atoms with Crippen LogP contribution >= 0.6 is 0 Å². The molecule has 0 saturated heterocycles. The van der Waals surface area contributed by atoms with Gasteiger partial charge in [0.25, 0.3) is 5.91 Å². The molecule has 0 bridgehead atoms. The van der Waals surface area contributed by atoms with Crippen LogP contribution in [0.3, 0.4) is 0 Å². The second-order valence-corrected chi connectivity index (χ2v) is 3.67. The fraction of sp³-hybridized carbons (Fsp3) is 0.636. The SMILES string of the molecule is C1CCCC1.CNC(=O)c1cc(C)on1. The van der Waals surface area contributed by atoms with Gasteiger partial charge >= 0.3 is 0 Å². The fourth-order valence-electron chi connectivity index (χ4n) is 1.49. The molecule has 4 nitrogen and oxygen atoms in total. The van der Waals surface area contributed by atoms with E-state index in [0.717, 1.165) is 0 Å². The highest BCUT2D eigenvalue weighted by Gasteiger charge is 2.06. The Labute approximate surface area is 90.0 Å². The first-order valence-corrected chi connectivity index (χ1v) is 5.39. The van der Waals surface area contributed by atoms with Crippen LogP contribution in [0, 0.1) is 6.92 Å². The summed E-state index contributed by atoms with van der Waals surface area (Å²) in [5.41, 5.74) is 0.319. The predicted molar refractivity (Wildman–Crippen MR) is 57.7 cm³/mol. The van der Waals surface area contributed by atoms with Gasteiger partial charge in [-0.2, -0.15) is 0 Å². The van der Waals surface area contributed by atoms with Crippen molar-refractivity contribution in [2.45, 2.75) is 39.0 Å². The van der Waals surface area contributed by atoms with Crippen LogP contribution in [0.2, 0.25) is 0 Å². The zero-order chi connectivity index (χ0) is 11.1. The van der Waals surface area contributed by atoms with Crippen LogP contribution in [0.4, 0.5) is 0 Å². The van der Waals surface area contributed by atoms with Gasteiger partial charge in [-0.25, -0.2) is 0 Å². The number of hydrogen-bond acceptors (Lipinski definition) is 3. The standard InChI is InChI=1S/C6H8N2O2.C5H10/c1-4-3-5(8-10-4)6(9)7-2;1-2-4-5-3-1/h3H,1-2H3,(H,7,9);1-5H2. The van der Waals surface area contributed by atoms with Crippen molar-refractivity contribution in [3.63, 3.8) is 0 Å². The summed E-state index contributed by atoms with van der Waals surface area (Å²) in [6.45, 7) is 1.74. The lowest BCUT2D eigenvalue weighted by Gasteiger charge is -1.88. The van der Waals surface area contributed by atoms with Crippen LogP contribution in [0.1, 0.15) is 48.4 Å². The number of aryl methyl sites for hydroxylation is 1. The molecule has 1 heterocycles. The third-order valence-corrected chi connectivity index (χ3v) is 2.34. The van der Waals surface area contributed by atoms with Crippen molar-refractivity contribution in [2.75, 3.05) is 7.05 Å². The Hall–Kier alpha value is -1.32. The molecule has 4 heteroatoms. The molecule has 1 aliphatic carbocycles. The highest BCUT2D eigenvalue weighted by Crippen LogP contribution is 2.15. The maximum absolute atomic E-state index is 10.8. The summed E-state index contributed by atoms with van der Waals surface area (Å²) in [6.07, 6.45) is 7.50. The molecule has 1 saturated carbocycles. The van der Waals surface area contributed by atoms with Gasteiger partial charge in [0, 0.05) is 13.1 Å². The van der Waals surface area contributed by atoms with Gasteiger partial charge in [0.1, 0.15) is 5.76 Å². The number of aromatic nitrogens is 1. The molecule has 1 aromatic heterocycles. The molecule has 0 atom stereocenters. The van der Waals surface area contributed by atoms with Crippen molar-refractivity contribution in [3.8, 4) is 0 Å². The van der Waals surface area contributed by atoms with Crippen LogP contribution in [0.15, 0.2) is 10.6 Å². The molecule has 0 unspecified atom stereocenters. The van der Waals surface area contributed by atoms with E-state index in [9.17, 15) is 4.79 Å². The number of amides is 1. The maximum atomic E-state index is 10.8. The molecule has 0 spiro atoms. The summed E-state index contributed by atoms with van der Waals surface area (Å²) in [5.74, 6) is 0.412. The van der Waals surface area contributed by atoms with E-state index in [0.29, 0.717) is 11.5 Å². The zero-order valence-corrected chi connectivity index (χ0v) is 9.38. The quantitative estimate of drug-likeness (QED) is 0.773. The summed E-state index contributed by atoms with van der Waals surface area (Å²) >= 11 is 0. The molecule has 15 heavy (non-hydrogen) atoms. The maximum Gasteiger partial charge on any atom is 0.273 e.